The molecule has 0 aliphatic carbocycles. The molecular formula is C12H20N4OS. The third-order valence-electron chi connectivity index (χ3n) is 3.24. The molecule has 0 bridgehead atoms. The van der Waals surface area contributed by atoms with Crippen LogP contribution in [0.2, 0.25) is 0 Å². The number of aromatic nitrogens is 1. The zero-order valence-electron chi connectivity index (χ0n) is 10.9. The Balaban J connectivity index is 1.98. The number of hydrogen-bond donors (Lipinski definition) is 1. The number of nitrogens with zero attached hydrogens (tertiary/aromatic N) is 3. The number of amides is 1. The molecule has 100 valence electrons. The van der Waals surface area contributed by atoms with E-state index in [9.17, 15) is 4.79 Å². The van der Waals surface area contributed by atoms with E-state index in [2.05, 4.69) is 16.8 Å². The molecule has 2 N–H and O–H groups in total. The smallest absolute Gasteiger partial charge is 0.273 e. The van der Waals surface area contributed by atoms with Crippen molar-refractivity contribution in [2.24, 2.45) is 5.73 Å². The SMILES string of the molecule is CCN1CCN(C(=O)c2csc(C(C)N)n2)CC1. The van der Waals surface area contributed by atoms with Crippen molar-refractivity contribution in [3.63, 3.8) is 0 Å². The van der Waals surface area contributed by atoms with Gasteiger partial charge in [-0.15, -0.1) is 11.3 Å². The second-order valence-electron chi connectivity index (χ2n) is 4.59. The van der Waals surface area contributed by atoms with Gasteiger partial charge in [-0.05, 0) is 13.5 Å². The molecule has 1 aliphatic rings. The van der Waals surface area contributed by atoms with Gasteiger partial charge in [0.15, 0.2) is 0 Å². The third kappa shape index (κ3) is 2.88. The largest absolute Gasteiger partial charge is 0.335 e. The summed E-state index contributed by atoms with van der Waals surface area (Å²) < 4.78 is 0. The Morgan fingerprint density at radius 3 is 2.67 bits per heavy atom. The predicted octanol–water partition coefficient (Wildman–Crippen LogP) is 0.941. The Morgan fingerprint density at radius 2 is 2.17 bits per heavy atom. The van der Waals surface area contributed by atoms with Gasteiger partial charge in [0.2, 0.25) is 0 Å². The van der Waals surface area contributed by atoms with Gasteiger partial charge >= 0.3 is 0 Å². The van der Waals surface area contributed by atoms with E-state index in [-0.39, 0.29) is 11.9 Å². The van der Waals surface area contributed by atoms with E-state index in [1.54, 1.807) is 0 Å². The minimum absolute atomic E-state index is 0.0360. The van der Waals surface area contributed by atoms with Crippen molar-refractivity contribution in [1.82, 2.24) is 14.8 Å². The number of hydrogen-bond acceptors (Lipinski definition) is 5. The van der Waals surface area contributed by atoms with Gasteiger partial charge in [-0.25, -0.2) is 4.98 Å². The van der Waals surface area contributed by atoms with E-state index < -0.39 is 0 Å². The Hall–Kier alpha value is -0.980. The summed E-state index contributed by atoms with van der Waals surface area (Å²) in [6.45, 7) is 8.56. The van der Waals surface area contributed by atoms with Crippen molar-refractivity contribution in [3.05, 3.63) is 16.1 Å². The molecule has 2 heterocycles. The van der Waals surface area contributed by atoms with Crippen LogP contribution in [0.25, 0.3) is 0 Å². The summed E-state index contributed by atoms with van der Waals surface area (Å²) in [5, 5.41) is 2.64. The molecule has 18 heavy (non-hydrogen) atoms. The molecule has 1 fully saturated rings. The first-order valence-corrected chi connectivity index (χ1v) is 7.22. The van der Waals surface area contributed by atoms with E-state index in [1.165, 1.54) is 11.3 Å². The number of carbonyl (C=O) groups excluding carboxylic acids is 1. The maximum absolute atomic E-state index is 12.2. The minimum Gasteiger partial charge on any atom is -0.335 e. The van der Waals surface area contributed by atoms with Gasteiger partial charge < -0.3 is 15.5 Å². The normalized spacial score (nSPS) is 18.9. The van der Waals surface area contributed by atoms with E-state index in [4.69, 9.17) is 5.73 Å². The van der Waals surface area contributed by atoms with Crippen molar-refractivity contribution < 1.29 is 4.79 Å². The lowest BCUT2D eigenvalue weighted by Gasteiger charge is -2.33. The molecule has 6 heteroatoms. The average molecular weight is 268 g/mol. The van der Waals surface area contributed by atoms with Gasteiger partial charge in [0, 0.05) is 31.6 Å². The van der Waals surface area contributed by atoms with Crippen LogP contribution >= 0.6 is 11.3 Å². The minimum atomic E-state index is -0.103. The first kappa shape index (κ1) is 13.5. The predicted molar refractivity (Wildman–Crippen MR) is 72.7 cm³/mol. The molecule has 1 aliphatic heterocycles. The van der Waals surface area contributed by atoms with E-state index >= 15 is 0 Å². The fourth-order valence-corrected chi connectivity index (χ4v) is 2.78. The highest BCUT2D eigenvalue weighted by Crippen LogP contribution is 2.17. The van der Waals surface area contributed by atoms with Gasteiger partial charge in [-0.3, -0.25) is 4.79 Å². The highest BCUT2D eigenvalue weighted by atomic mass is 32.1. The fourth-order valence-electron chi connectivity index (χ4n) is 2.02. The lowest BCUT2D eigenvalue weighted by atomic mass is 10.3. The lowest BCUT2D eigenvalue weighted by Crippen LogP contribution is -2.48. The number of carbonyl (C=O) groups is 1. The van der Waals surface area contributed by atoms with Gasteiger partial charge in [-0.1, -0.05) is 6.92 Å². The number of likely N-dealkylation sites (N-methyl/N-ethyl adjacent to an activating group) is 1. The molecule has 0 spiro atoms. The van der Waals surface area contributed by atoms with Gasteiger partial charge in [0.25, 0.3) is 5.91 Å². The molecule has 1 atom stereocenters. The standard InChI is InChI=1S/C12H20N4OS/c1-3-15-4-6-16(7-5-15)12(17)10-8-18-11(14-10)9(2)13/h8-9H,3-7,13H2,1-2H3. The molecule has 5 nitrogen and oxygen atoms in total. The van der Waals surface area contributed by atoms with Gasteiger partial charge in [-0.2, -0.15) is 0 Å². The number of nitrogens with two attached hydrogens (primary N) is 1. The molecule has 1 aromatic heterocycles. The van der Waals surface area contributed by atoms with E-state index in [0.717, 1.165) is 37.7 Å². The molecule has 1 amide bonds. The van der Waals surface area contributed by atoms with Crippen LogP contribution in [0.3, 0.4) is 0 Å². The summed E-state index contributed by atoms with van der Waals surface area (Å²) >= 11 is 1.46. The Morgan fingerprint density at radius 1 is 1.50 bits per heavy atom. The van der Waals surface area contributed by atoms with Crippen LogP contribution in [-0.4, -0.2) is 53.4 Å². The summed E-state index contributed by atoms with van der Waals surface area (Å²) in [6.07, 6.45) is 0. The van der Waals surface area contributed by atoms with Crippen molar-refractivity contribution in [2.45, 2.75) is 19.9 Å². The molecule has 1 saturated heterocycles. The monoisotopic (exact) mass is 268 g/mol. The maximum Gasteiger partial charge on any atom is 0.273 e. The van der Waals surface area contributed by atoms with Crippen LogP contribution in [0.5, 0.6) is 0 Å². The van der Waals surface area contributed by atoms with Crippen molar-refractivity contribution in [3.8, 4) is 0 Å². The summed E-state index contributed by atoms with van der Waals surface area (Å²) in [5.41, 5.74) is 6.30. The first-order chi connectivity index (χ1) is 8.61. The summed E-state index contributed by atoms with van der Waals surface area (Å²) in [6, 6.07) is -0.103. The van der Waals surface area contributed by atoms with Crippen LogP contribution < -0.4 is 5.73 Å². The summed E-state index contributed by atoms with van der Waals surface area (Å²) in [5.74, 6) is 0.0360. The topological polar surface area (TPSA) is 62.5 Å². The first-order valence-electron chi connectivity index (χ1n) is 6.34. The molecular weight excluding hydrogens is 248 g/mol. The molecule has 2 rings (SSSR count). The van der Waals surface area contributed by atoms with Gasteiger partial charge in [0.1, 0.15) is 10.7 Å². The molecule has 1 unspecified atom stereocenters. The number of rotatable bonds is 3. The Kier molecular flexibility index (Phi) is 4.31. The summed E-state index contributed by atoms with van der Waals surface area (Å²) in [7, 11) is 0. The van der Waals surface area contributed by atoms with Gasteiger partial charge in [0.05, 0.1) is 6.04 Å². The molecule has 0 radical (unpaired) electrons. The van der Waals surface area contributed by atoms with Crippen LogP contribution in [0, 0.1) is 0 Å². The fraction of sp³-hybridized carbons (Fsp3) is 0.667. The lowest BCUT2D eigenvalue weighted by molar-refractivity contribution is 0.0638. The quantitative estimate of drug-likeness (QED) is 0.886. The van der Waals surface area contributed by atoms with Crippen LogP contribution in [0.4, 0.5) is 0 Å². The number of thiazole rings is 1. The highest BCUT2D eigenvalue weighted by molar-refractivity contribution is 7.09. The van der Waals surface area contributed by atoms with Crippen molar-refractivity contribution in [2.75, 3.05) is 32.7 Å². The molecule has 1 aromatic rings. The molecule has 0 saturated carbocycles. The summed E-state index contributed by atoms with van der Waals surface area (Å²) in [4.78, 5) is 20.8. The average Bonchev–Trinajstić information content (AvgIpc) is 2.88. The third-order valence-corrected chi connectivity index (χ3v) is 4.28. The second-order valence-corrected chi connectivity index (χ2v) is 5.48. The van der Waals surface area contributed by atoms with Crippen LogP contribution in [0.15, 0.2) is 5.38 Å². The van der Waals surface area contributed by atoms with E-state index in [0.29, 0.717) is 5.69 Å². The van der Waals surface area contributed by atoms with Crippen molar-refractivity contribution >= 4 is 17.2 Å². The van der Waals surface area contributed by atoms with E-state index in [1.807, 2.05) is 17.2 Å². The van der Waals surface area contributed by atoms with Crippen LogP contribution in [0.1, 0.15) is 35.4 Å². The zero-order chi connectivity index (χ0) is 13.1. The van der Waals surface area contributed by atoms with Crippen molar-refractivity contribution in [1.29, 1.82) is 0 Å². The number of piperazine rings is 1. The molecule has 0 aromatic carbocycles. The highest BCUT2D eigenvalue weighted by Gasteiger charge is 2.23. The maximum atomic E-state index is 12.2. The second kappa shape index (κ2) is 5.77. The van der Waals surface area contributed by atoms with Crippen LogP contribution in [-0.2, 0) is 0 Å². The Labute approximate surface area is 112 Å². The Bertz CT molecular complexity index is 410. The zero-order valence-corrected chi connectivity index (χ0v) is 11.7.